The highest BCUT2D eigenvalue weighted by molar-refractivity contribution is 7.10. The van der Waals surface area contributed by atoms with Gasteiger partial charge in [0.05, 0.1) is 0 Å². The zero-order valence-corrected chi connectivity index (χ0v) is 8.28. The van der Waals surface area contributed by atoms with Gasteiger partial charge >= 0.3 is 12.1 Å². The average molecular weight is 229 g/mol. The van der Waals surface area contributed by atoms with Crippen LogP contribution in [0, 0.1) is 0 Å². The van der Waals surface area contributed by atoms with Crippen LogP contribution in [0.2, 0.25) is 0 Å². The van der Waals surface area contributed by atoms with E-state index in [1.54, 1.807) is 0 Å². The van der Waals surface area contributed by atoms with Gasteiger partial charge in [-0.25, -0.2) is 9.59 Å². The molecule has 0 saturated heterocycles. The number of amides is 1. The van der Waals surface area contributed by atoms with Gasteiger partial charge in [-0.2, -0.15) is 9.36 Å². The number of anilines is 1. The molecule has 0 bridgehead atoms. The lowest BCUT2D eigenvalue weighted by Crippen LogP contribution is -2.13. The Morgan fingerprint density at radius 2 is 2.40 bits per heavy atom. The summed E-state index contributed by atoms with van der Waals surface area (Å²) in [6.07, 6.45) is 0.672. The number of carboxylic acids is 1. The molecular formula is C7H7N3O4S. The van der Waals surface area contributed by atoms with Crippen molar-refractivity contribution in [1.29, 1.82) is 0 Å². The smallest absolute Gasteiger partial charge is 0.413 e. The Kier molecular flexibility index (Phi) is 3.75. The lowest BCUT2D eigenvalue weighted by molar-refractivity contribution is 0.0685. The van der Waals surface area contributed by atoms with Crippen LogP contribution in [0.5, 0.6) is 0 Å². The summed E-state index contributed by atoms with van der Waals surface area (Å²) in [5.74, 6) is -1.61. The fourth-order valence-electron chi connectivity index (χ4n) is 0.619. The molecule has 1 aromatic heterocycles. The van der Waals surface area contributed by atoms with Gasteiger partial charge in [0.15, 0.2) is 0 Å². The highest BCUT2D eigenvalue weighted by Crippen LogP contribution is 2.10. The summed E-state index contributed by atoms with van der Waals surface area (Å²) in [5.41, 5.74) is 0. The molecule has 0 unspecified atom stereocenters. The maximum atomic E-state index is 11.0. The molecule has 0 aliphatic heterocycles. The number of ether oxygens (including phenoxy) is 1. The van der Waals surface area contributed by atoms with Crippen molar-refractivity contribution in [2.75, 3.05) is 11.9 Å². The molecule has 1 rings (SSSR count). The molecule has 0 atom stereocenters. The molecule has 1 amide bonds. The standard InChI is InChI=1S/C7H7N3O4S/c1-2-3-14-7(13)9-6-8-4(5(11)12)10-15-6/h2H,1,3H2,(H,11,12)(H,8,9,10,13). The fourth-order valence-corrected chi connectivity index (χ4v) is 1.17. The van der Waals surface area contributed by atoms with Crippen molar-refractivity contribution < 1.29 is 19.4 Å². The van der Waals surface area contributed by atoms with E-state index >= 15 is 0 Å². The van der Waals surface area contributed by atoms with Gasteiger partial charge in [0.25, 0.3) is 5.82 Å². The topological polar surface area (TPSA) is 101 Å². The van der Waals surface area contributed by atoms with Crippen molar-refractivity contribution in [3.63, 3.8) is 0 Å². The number of hydrogen-bond donors (Lipinski definition) is 2. The molecule has 2 N–H and O–H groups in total. The molecule has 8 heteroatoms. The number of carboxylic acid groups (broad SMARTS) is 1. The van der Waals surface area contributed by atoms with Gasteiger partial charge in [0.1, 0.15) is 6.61 Å². The van der Waals surface area contributed by atoms with Crippen LogP contribution in [0.4, 0.5) is 9.93 Å². The Bertz CT molecular complexity index is 389. The average Bonchev–Trinajstić information content (AvgIpc) is 2.63. The number of aromatic carboxylic acids is 1. The van der Waals surface area contributed by atoms with Crippen LogP contribution in [0.15, 0.2) is 12.7 Å². The second kappa shape index (κ2) is 5.05. The van der Waals surface area contributed by atoms with Crippen molar-refractivity contribution in [2.24, 2.45) is 0 Å². The van der Waals surface area contributed by atoms with Gasteiger partial charge in [0, 0.05) is 11.5 Å². The molecule has 0 fully saturated rings. The monoisotopic (exact) mass is 229 g/mol. The lowest BCUT2D eigenvalue weighted by atomic mass is 10.6. The predicted molar refractivity (Wildman–Crippen MR) is 52.0 cm³/mol. The van der Waals surface area contributed by atoms with Crippen LogP contribution in [-0.2, 0) is 4.74 Å². The van der Waals surface area contributed by atoms with Gasteiger partial charge in [-0.05, 0) is 0 Å². The molecular weight excluding hydrogens is 222 g/mol. The van der Waals surface area contributed by atoms with Gasteiger partial charge < -0.3 is 9.84 Å². The number of aromatic nitrogens is 2. The van der Waals surface area contributed by atoms with Gasteiger partial charge in [-0.15, -0.1) is 0 Å². The normalized spacial score (nSPS) is 9.33. The number of hydrogen-bond acceptors (Lipinski definition) is 6. The fraction of sp³-hybridized carbons (Fsp3) is 0.143. The van der Waals surface area contributed by atoms with Crippen LogP contribution >= 0.6 is 11.5 Å². The van der Waals surface area contributed by atoms with Crippen molar-refractivity contribution in [3.8, 4) is 0 Å². The highest BCUT2D eigenvalue weighted by atomic mass is 32.1. The Balaban J connectivity index is 2.53. The molecule has 1 heterocycles. The number of rotatable bonds is 4. The third kappa shape index (κ3) is 3.35. The molecule has 80 valence electrons. The van der Waals surface area contributed by atoms with Crippen LogP contribution in [0.1, 0.15) is 10.6 Å². The molecule has 0 radical (unpaired) electrons. The summed E-state index contributed by atoms with van der Waals surface area (Å²) in [6.45, 7) is 3.42. The minimum Gasteiger partial charge on any atom is -0.475 e. The van der Waals surface area contributed by atoms with E-state index in [2.05, 4.69) is 26.0 Å². The first-order valence-corrected chi connectivity index (χ1v) is 4.52. The number of nitrogens with one attached hydrogen (secondary N) is 1. The second-order valence-electron chi connectivity index (χ2n) is 2.24. The van der Waals surface area contributed by atoms with E-state index in [0.29, 0.717) is 0 Å². The summed E-state index contributed by atoms with van der Waals surface area (Å²) in [7, 11) is 0. The number of nitrogens with zero attached hydrogens (tertiary/aromatic N) is 2. The Labute approximate surface area is 88.6 Å². The summed E-state index contributed by atoms with van der Waals surface area (Å²) in [6, 6.07) is 0. The molecule has 0 aromatic carbocycles. The highest BCUT2D eigenvalue weighted by Gasteiger charge is 2.12. The summed E-state index contributed by atoms with van der Waals surface area (Å²) >= 11 is 0.760. The van der Waals surface area contributed by atoms with E-state index in [4.69, 9.17) is 5.11 Å². The van der Waals surface area contributed by atoms with Gasteiger partial charge in [-0.1, -0.05) is 12.7 Å². The summed E-state index contributed by atoms with van der Waals surface area (Å²) < 4.78 is 8.08. The third-order valence-electron chi connectivity index (χ3n) is 1.16. The van der Waals surface area contributed by atoms with Crippen LogP contribution < -0.4 is 5.32 Å². The minimum atomic E-state index is -1.25. The SMILES string of the molecule is C=CCOC(=O)Nc1nc(C(=O)O)ns1. The molecule has 15 heavy (non-hydrogen) atoms. The maximum absolute atomic E-state index is 11.0. The van der Waals surface area contributed by atoms with Crippen molar-refractivity contribution >= 4 is 28.7 Å². The quantitative estimate of drug-likeness (QED) is 0.746. The van der Waals surface area contributed by atoms with Gasteiger partial charge in [0.2, 0.25) is 5.13 Å². The van der Waals surface area contributed by atoms with E-state index in [9.17, 15) is 9.59 Å². The third-order valence-corrected chi connectivity index (χ3v) is 1.79. The molecule has 0 aliphatic rings. The zero-order valence-electron chi connectivity index (χ0n) is 7.47. The number of carbonyl (C=O) groups is 2. The summed E-state index contributed by atoms with van der Waals surface area (Å²) in [5, 5.41) is 10.8. The zero-order chi connectivity index (χ0) is 11.3. The van der Waals surface area contributed by atoms with E-state index in [1.165, 1.54) is 6.08 Å². The Morgan fingerprint density at radius 1 is 1.67 bits per heavy atom. The van der Waals surface area contributed by atoms with Crippen molar-refractivity contribution in [2.45, 2.75) is 0 Å². The molecule has 1 aromatic rings. The molecule has 0 saturated carbocycles. The van der Waals surface area contributed by atoms with Crippen LogP contribution in [0.3, 0.4) is 0 Å². The van der Waals surface area contributed by atoms with Crippen molar-refractivity contribution in [1.82, 2.24) is 9.36 Å². The maximum Gasteiger partial charge on any atom is 0.413 e. The van der Waals surface area contributed by atoms with Gasteiger partial charge in [-0.3, -0.25) is 5.32 Å². The van der Waals surface area contributed by atoms with Crippen molar-refractivity contribution in [3.05, 3.63) is 18.5 Å². The molecule has 7 nitrogen and oxygen atoms in total. The first-order valence-electron chi connectivity index (χ1n) is 3.75. The van der Waals surface area contributed by atoms with E-state index in [-0.39, 0.29) is 17.6 Å². The predicted octanol–water partition coefficient (Wildman–Crippen LogP) is 0.971. The first-order chi connectivity index (χ1) is 7.13. The first kappa shape index (κ1) is 11.1. The van der Waals surface area contributed by atoms with Crippen LogP contribution in [-0.4, -0.2) is 33.1 Å². The molecule has 0 aliphatic carbocycles. The van der Waals surface area contributed by atoms with E-state index in [1.807, 2.05) is 0 Å². The van der Waals surface area contributed by atoms with E-state index < -0.39 is 12.1 Å². The summed E-state index contributed by atoms with van der Waals surface area (Å²) in [4.78, 5) is 24.9. The Morgan fingerprint density at radius 3 is 2.93 bits per heavy atom. The largest absolute Gasteiger partial charge is 0.475 e. The number of carbonyl (C=O) groups excluding carboxylic acids is 1. The molecule has 0 spiro atoms. The Hall–Kier alpha value is -1.96. The second-order valence-corrected chi connectivity index (χ2v) is 2.99. The minimum absolute atomic E-state index is 0.0659. The lowest BCUT2D eigenvalue weighted by Gasteiger charge is -1.99. The van der Waals surface area contributed by atoms with E-state index in [0.717, 1.165) is 11.5 Å². The van der Waals surface area contributed by atoms with Crippen LogP contribution in [0.25, 0.3) is 0 Å².